The van der Waals surface area contributed by atoms with Crippen molar-refractivity contribution in [1.29, 1.82) is 0 Å². The lowest BCUT2D eigenvalue weighted by Crippen LogP contribution is -2.62. The normalized spacial score (nSPS) is 21.3. The van der Waals surface area contributed by atoms with E-state index in [0.29, 0.717) is 12.6 Å². The highest BCUT2D eigenvalue weighted by Gasteiger charge is 2.38. The van der Waals surface area contributed by atoms with Gasteiger partial charge in [-0.15, -0.1) is 0 Å². The smallest absolute Gasteiger partial charge is 0.245 e. The molecule has 114 valence electrons. The van der Waals surface area contributed by atoms with Gasteiger partial charge in [-0.05, 0) is 45.2 Å². The largest absolute Gasteiger partial charge is 0.355 e. The Balaban J connectivity index is 1.90. The van der Waals surface area contributed by atoms with Crippen LogP contribution in [0.5, 0.6) is 0 Å². The molecule has 2 fully saturated rings. The monoisotopic (exact) mass is 287 g/mol. The Morgan fingerprint density at radius 1 is 1.38 bits per heavy atom. The highest BCUT2D eigenvalue weighted by molar-refractivity contribution is 5.90. The van der Waals surface area contributed by atoms with Crippen LogP contribution in [0.25, 0.3) is 0 Å². The molecule has 1 saturated heterocycles. The van der Waals surface area contributed by atoms with Crippen molar-refractivity contribution in [2.75, 3.05) is 18.0 Å². The van der Waals surface area contributed by atoms with Gasteiger partial charge in [0.2, 0.25) is 5.91 Å². The number of rotatable bonds is 4. The Morgan fingerprint density at radius 3 is 2.86 bits per heavy atom. The lowest BCUT2D eigenvalue weighted by Gasteiger charge is -2.43. The molecule has 0 spiro atoms. The Labute approximate surface area is 126 Å². The molecule has 1 aliphatic carbocycles. The van der Waals surface area contributed by atoms with E-state index < -0.39 is 5.54 Å². The molecule has 1 amide bonds. The van der Waals surface area contributed by atoms with E-state index in [4.69, 9.17) is 0 Å². The SMILES string of the molecule is Cc1ccc(N2CCNC(=O)C2(C)C)c(CNC2CC2)c1. The summed E-state index contributed by atoms with van der Waals surface area (Å²) in [5.74, 6) is 0.107. The third-order valence-electron chi connectivity index (χ3n) is 4.54. The van der Waals surface area contributed by atoms with Crippen molar-refractivity contribution in [3.8, 4) is 0 Å². The Kier molecular flexibility index (Phi) is 3.66. The van der Waals surface area contributed by atoms with E-state index in [0.717, 1.165) is 13.1 Å². The van der Waals surface area contributed by atoms with Crippen LogP contribution in [0.3, 0.4) is 0 Å². The molecule has 1 heterocycles. The fourth-order valence-electron chi connectivity index (χ4n) is 2.98. The van der Waals surface area contributed by atoms with Crippen LogP contribution in [-0.2, 0) is 11.3 Å². The van der Waals surface area contributed by atoms with E-state index in [2.05, 4.69) is 40.7 Å². The van der Waals surface area contributed by atoms with E-state index in [9.17, 15) is 4.79 Å². The zero-order valence-corrected chi connectivity index (χ0v) is 13.2. The third-order valence-corrected chi connectivity index (χ3v) is 4.54. The number of piperazine rings is 1. The van der Waals surface area contributed by atoms with Crippen molar-refractivity contribution in [2.45, 2.75) is 51.7 Å². The molecule has 0 radical (unpaired) electrons. The first-order valence-corrected chi connectivity index (χ1v) is 7.87. The predicted octanol–water partition coefficient (Wildman–Crippen LogP) is 1.96. The number of nitrogens with one attached hydrogen (secondary N) is 2. The van der Waals surface area contributed by atoms with Gasteiger partial charge in [0.25, 0.3) is 0 Å². The molecule has 1 aromatic rings. The lowest BCUT2D eigenvalue weighted by molar-refractivity contribution is -0.126. The third kappa shape index (κ3) is 2.91. The first kappa shape index (κ1) is 14.4. The Bertz CT molecular complexity index is 549. The number of amides is 1. The van der Waals surface area contributed by atoms with Gasteiger partial charge in [-0.25, -0.2) is 0 Å². The van der Waals surface area contributed by atoms with E-state index >= 15 is 0 Å². The average molecular weight is 287 g/mol. The minimum absolute atomic E-state index is 0.107. The highest BCUT2D eigenvalue weighted by atomic mass is 16.2. The van der Waals surface area contributed by atoms with Gasteiger partial charge in [-0.3, -0.25) is 4.79 Å². The standard InChI is InChI=1S/C17H25N3O/c1-12-4-7-15(13(10-12)11-19-14-5-6-14)20-9-8-18-16(21)17(20,2)3/h4,7,10,14,19H,5-6,8-9,11H2,1-3H3,(H,18,21). The van der Waals surface area contributed by atoms with Crippen molar-refractivity contribution >= 4 is 11.6 Å². The summed E-state index contributed by atoms with van der Waals surface area (Å²) in [6, 6.07) is 7.24. The molecule has 2 aliphatic rings. The first-order valence-electron chi connectivity index (χ1n) is 7.87. The topological polar surface area (TPSA) is 44.4 Å². The van der Waals surface area contributed by atoms with Crippen LogP contribution >= 0.6 is 0 Å². The maximum atomic E-state index is 12.2. The van der Waals surface area contributed by atoms with Gasteiger partial charge < -0.3 is 15.5 Å². The Hall–Kier alpha value is -1.55. The lowest BCUT2D eigenvalue weighted by atomic mass is 9.96. The molecule has 3 rings (SSSR count). The second-order valence-electron chi connectivity index (χ2n) is 6.75. The van der Waals surface area contributed by atoms with Gasteiger partial charge in [0, 0.05) is 31.4 Å². The molecule has 4 heteroatoms. The van der Waals surface area contributed by atoms with Crippen LogP contribution in [-0.4, -0.2) is 30.6 Å². The van der Waals surface area contributed by atoms with Crippen molar-refractivity contribution in [3.05, 3.63) is 29.3 Å². The zero-order valence-electron chi connectivity index (χ0n) is 13.2. The number of anilines is 1. The fourth-order valence-corrected chi connectivity index (χ4v) is 2.98. The van der Waals surface area contributed by atoms with Crippen molar-refractivity contribution < 1.29 is 4.79 Å². The summed E-state index contributed by atoms with van der Waals surface area (Å²) in [6.07, 6.45) is 2.58. The molecule has 1 aromatic carbocycles. The summed E-state index contributed by atoms with van der Waals surface area (Å²) in [5, 5.41) is 6.56. The summed E-state index contributed by atoms with van der Waals surface area (Å²) in [5.41, 5.74) is 3.26. The number of benzene rings is 1. The average Bonchev–Trinajstić information content (AvgIpc) is 3.24. The first-order chi connectivity index (χ1) is 9.98. The van der Waals surface area contributed by atoms with Gasteiger partial charge in [0.05, 0.1) is 0 Å². The molecule has 0 atom stereocenters. The quantitative estimate of drug-likeness (QED) is 0.890. The maximum absolute atomic E-state index is 12.2. The van der Waals surface area contributed by atoms with Crippen molar-refractivity contribution in [2.24, 2.45) is 0 Å². The van der Waals surface area contributed by atoms with Crippen molar-refractivity contribution in [3.63, 3.8) is 0 Å². The molecule has 0 aromatic heterocycles. The minimum Gasteiger partial charge on any atom is -0.355 e. The van der Waals surface area contributed by atoms with Gasteiger partial charge in [-0.2, -0.15) is 0 Å². The molecule has 21 heavy (non-hydrogen) atoms. The number of carbonyl (C=O) groups is 1. The van der Waals surface area contributed by atoms with Crippen molar-refractivity contribution in [1.82, 2.24) is 10.6 Å². The van der Waals surface area contributed by atoms with Crippen LogP contribution in [0.1, 0.15) is 37.8 Å². The molecule has 0 unspecified atom stereocenters. The van der Waals surface area contributed by atoms with Gasteiger partial charge >= 0.3 is 0 Å². The summed E-state index contributed by atoms with van der Waals surface area (Å²) in [4.78, 5) is 14.4. The molecule has 1 saturated carbocycles. The summed E-state index contributed by atoms with van der Waals surface area (Å²) in [6.45, 7) is 8.58. The summed E-state index contributed by atoms with van der Waals surface area (Å²) >= 11 is 0. The summed E-state index contributed by atoms with van der Waals surface area (Å²) < 4.78 is 0. The van der Waals surface area contributed by atoms with E-state index in [-0.39, 0.29) is 5.91 Å². The number of aryl methyl sites for hydroxylation is 1. The number of nitrogens with zero attached hydrogens (tertiary/aromatic N) is 1. The van der Waals surface area contributed by atoms with Crippen LogP contribution in [0.15, 0.2) is 18.2 Å². The fraction of sp³-hybridized carbons (Fsp3) is 0.588. The molecule has 2 N–H and O–H groups in total. The van der Waals surface area contributed by atoms with E-state index in [1.54, 1.807) is 0 Å². The van der Waals surface area contributed by atoms with Crippen LogP contribution in [0.2, 0.25) is 0 Å². The zero-order chi connectivity index (χ0) is 15.0. The minimum atomic E-state index is -0.498. The van der Waals surface area contributed by atoms with Gasteiger partial charge in [-0.1, -0.05) is 17.7 Å². The molecule has 1 aliphatic heterocycles. The molecular weight excluding hydrogens is 262 g/mol. The maximum Gasteiger partial charge on any atom is 0.245 e. The van der Waals surface area contributed by atoms with Gasteiger partial charge in [0.15, 0.2) is 0 Å². The number of hydrogen-bond acceptors (Lipinski definition) is 3. The molecule has 4 nitrogen and oxygen atoms in total. The van der Waals surface area contributed by atoms with Crippen LogP contribution < -0.4 is 15.5 Å². The highest BCUT2D eigenvalue weighted by Crippen LogP contribution is 2.31. The predicted molar refractivity (Wildman–Crippen MR) is 85.5 cm³/mol. The van der Waals surface area contributed by atoms with Gasteiger partial charge in [0.1, 0.15) is 5.54 Å². The molecule has 0 bridgehead atoms. The summed E-state index contributed by atoms with van der Waals surface area (Å²) in [7, 11) is 0. The number of carbonyl (C=O) groups excluding carboxylic acids is 1. The Morgan fingerprint density at radius 2 is 2.14 bits per heavy atom. The number of hydrogen-bond donors (Lipinski definition) is 2. The van der Waals surface area contributed by atoms with Crippen LogP contribution in [0.4, 0.5) is 5.69 Å². The van der Waals surface area contributed by atoms with E-state index in [1.807, 2.05) is 13.8 Å². The van der Waals surface area contributed by atoms with Crippen LogP contribution in [0, 0.1) is 6.92 Å². The van der Waals surface area contributed by atoms with E-state index in [1.165, 1.54) is 29.7 Å². The second-order valence-corrected chi connectivity index (χ2v) is 6.75. The molecular formula is C17H25N3O. The second kappa shape index (κ2) is 5.34.